The lowest BCUT2D eigenvalue weighted by Gasteiger charge is -2.28. The zero-order valence-corrected chi connectivity index (χ0v) is 8.30. The van der Waals surface area contributed by atoms with Gasteiger partial charge in [0.15, 0.2) is 6.04 Å². The van der Waals surface area contributed by atoms with E-state index in [0.717, 1.165) is 0 Å². The van der Waals surface area contributed by atoms with Crippen LogP contribution in [0, 0.1) is 0 Å². The Hall–Kier alpha value is -0.970. The Bertz CT molecular complexity index is 275. The van der Waals surface area contributed by atoms with Crippen molar-refractivity contribution in [3.8, 4) is 0 Å². The molecule has 0 aromatic heterocycles. The average Bonchev–Trinajstić information content (AvgIpc) is 2.18. The fourth-order valence-corrected chi connectivity index (χ4v) is 2.56. The monoisotopic (exact) mass is 201 g/mol. The van der Waals surface area contributed by atoms with Gasteiger partial charge in [0.1, 0.15) is 0 Å². The Morgan fingerprint density at radius 2 is 2.31 bits per heavy atom. The largest absolute Gasteiger partial charge is 0.479 e. The van der Waals surface area contributed by atoms with Crippen molar-refractivity contribution in [1.29, 1.82) is 0 Å². The van der Waals surface area contributed by atoms with Gasteiger partial charge in [-0.15, -0.1) is 11.8 Å². The number of thioether (sulfide) groups is 1. The molecule has 1 aliphatic rings. The van der Waals surface area contributed by atoms with Crippen LogP contribution in [-0.2, 0) is 9.59 Å². The van der Waals surface area contributed by atoms with E-state index in [1.807, 2.05) is 0 Å². The maximum Gasteiger partial charge on any atom is 0.331 e. The number of carbonyl (C=O) groups excluding carboxylic acids is 1. The first-order valence-electron chi connectivity index (χ1n) is 3.74. The first-order chi connectivity index (χ1) is 5.90. The number of amides is 1. The summed E-state index contributed by atoms with van der Waals surface area (Å²) in [7, 11) is 0. The zero-order chi connectivity index (χ0) is 10.2. The van der Waals surface area contributed by atoms with E-state index in [1.165, 1.54) is 16.7 Å². The minimum Gasteiger partial charge on any atom is -0.479 e. The van der Waals surface area contributed by atoms with Crippen LogP contribution in [0.5, 0.6) is 0 Å². The molecule has 1 atom stereocenters. The molecule has 1 heterocycles. The molecule has 0 aliphatic carbocycles. The fraction of sp³-hybridized carbons (Fsp3) is 0.500. The van der Waals surface area contributed by atoms with E-state index in [4.69, 9.17) is 5.11 Å². The van der Waals surface area contributed by atoms with Gasteiger partial charge in [-0.3, -0.25) is 4.79 Å². The smallest absolute Gasteiger partial charge is 0.331 e. The molecule has 1 amide bonds. The lowest BCUT2D eigenvalue weighted by molar-refractivity contribution is -0.145. The number of carboxylic acid groups (broad SMARTS) is 1. The van der Waals surface area contributed by atoms with Crippen LogP contribution < -0.4 is 0 Å². The molecule has 1 saturated heterocycles. The number of carboxylic acids is 1. The van der Waals surface area contributed by atoms with Crippen LogP contribution in [0.3, 0.4) is 0 Å². The second-order valence-corrected chi connectivity index (χ2v) is 5.00. The molecular weight excluding hydrogens is 190 g/mol. The van der Waals surface area contributed by atoms with Crippen LogP contribution in [0.15, 0.2) is 11.5 Å². The van der Waals surface area contributed by atoms with E-state index in [-0.39, 0.29) is 0 Å². The Morgan fingerprint density at radius 3 is 2.62 bits per heavy atom. The van der Waals surface area contributed by atoms with E-state index in [2.05, 4.69) is 6.58 Å². The summed E-state index contributed by atoms with van der Waals surface area (Å²) in [6.45, 7) is 7.22. The van der Waals surface area contributed by atoms with Crippen molar-refractivity contribution < 1.29 is 14.7 Å². The molecule has 1 rings (SSSR count). The van der Waals surface area contributed by atoms with Crippen molar-refractivity contribution in [2.75, 3.05) is 0 Å². The molecule has 0 bridgehead atoms. The number of hydrogen-bond acceptors (Lipinski definition) is 3. The lowest BCUT2D eigenvalue weighted by atomic mass is 10.2. The molecule has 1 N–H and O–H groups in total. The van der Waals surface area contributed by atoms with Gasteiger partial charge in [-0.25, -0.2) is 4.79 Å². The SMILES string of the molecule is C=C1SC(C)(C)N(C=O)C1C(=O)O. The van der Waals surface area contributed by atoms with Crippen molar-refractivity contribution in [2.45, 2.75) is 24.8 Å². The Labute approximate surface area is 80.6 Å². The molecule has 1 fully saturated rings. The zero-order valence-electron chi connectivity index (χ0n) is 7.48. The number of carbonyl (C=O) groups is 2. The topological polar surface area (TPSA) is 57.6 Å². The van der Waals surface area contributed by atoms with E-state index in [1.54, 1.807) is 13.8 Å². The summed E-state index contributed by atoms with van der Waals surface area (Å²) in [5.74, 6) is -1.03. The molecule has 13 heavy (non-hydrogen) atoms. The van der Waals surface area contributed by atoms with Crippen LogP contribution in [0.4, 0.5) is 0 Å². The highest BCUT2D eigenvalue weighted by Gasteiger charge is 2.45. The van der Waals surface area contributed by atoms with Gasteiger partial charge in [-0.1, -0.05) is 6.58 Å². The van der Waals surface area contributed by atoms with Gasteiger partial charge in [0, 0.05) is 4.91 Å². The summed E-state index contributed by atoms with van der Waals surface area (Å²) in [6, 6.07) is -0.891. The molecule has 72 valence electrons. The third-order valence-electron chi connectivity index (χ3n) is 1.93. The van der Waals surface area contributed by atoms with E-state index in [9.17, 15) is 9.59 Å². The van der Waals surface area contributed by atoms with Gasteiger partial charge >= 0.3 is 5.97 Å². The predicted molar refractivity (Wildman–Crippen MR) is 50.1 cm³/mol. The standard InChI is InChI=1S/C8H11NO3S/c1-5-6(7(11)12)9(4-10)8(2,3)13-5/h4,6H,1H2,2-3H3,(H,11,12). The molecule has 5 heteroatoms. The van der Waals surface area contributed by atoms with Crippen LogP contribution >= 0.6 is 11.8 Å². The number of rotatable bonds is 2. The molecule has 0 aromatic carbocycles. The molecule has 4 nitrogen and oxygen atoms in total. The molecule has 1 unspecified atom stereocenters. The summed E-state index contributed by atoms with van der Waals surface area (Å²) < 4.78 is 0. The third kappa shape index (κ3) is 1.56. The van der Waals surface area contributed by atoms with Gasteiger partial charge in [-0.05, 0) is 13.8 Å². The van der Waals surface area contributed by atoms with Gasteiger partial charge in [-0.2, -0.15) is 0 Å². The van der Waals surface area contributed by atoms with Crippen molar-refractivity contribution in [3.63, 3.8) is 0 Å². The van der Waals surface area contributed by atoms with Gasteiger partial charge in [0.25, 0.3) is 0 Å². The second kappa shape index (κ2) is 3.06. The maximum atomic E-state index is 10.8. The summed E-state index contributed by atoms with van der Waals surface area (Å²) in [4.78, 5) is 22.7. The van der Waals surface area contributed by atoms with Crippen molar-refractivity contribution in [2.24, 2.45) is 0 Å². The Morgan fingerprint density at radius 1 is 1.77 bits per heavy atom. The first kappa shape index (κ1) is 10.1. The van der Waals surface area contributed by atoms with Crippen LogP contribution in [-0.4, -0.2) is 33.3 Å². The highest BCUT2D eigenvalue weighted by Crippen LogP contribution is 2.44. The Kier molecular flexibility index (Phi) is 2.38. The predicted octanol–water partition coefficient (Wildman–Crippen LogP) is 0.895. The molecule has 0 aromatic rings. The highest BCUT2D eigenvalue weighted by molar-refractivity contribution is 8.04. The fourth-order valence-electron chi connectivity index (χ4n) is 1.34. The summed E-state index contributed by atoms with van der Waals surface area (Å²) >= 11 is 1.31. The molecule has 0 saturated carbocycles. The molecule has 0 radical (unpaired) electrons. The second-order valence-electron chi connectivity index (χ2n) is 3.27. The van der Waals surface area contributed by atoms with E-state index in [0.29, 0.717) is 11.3 Å². The minimum atomic E-state index is -1.03. The van der Waals surface area contributed by atoms with Crippen LogP contribution in [0.25, 0.3) is 0 Å². The maximum absolute atomic E-state index is 10.8. The minimum absolute atomic E-state index is 0.504. The number of aliphatic carboxylic acids is 1. The first-order valence-corrected chi connectivity index (χ1v) is 4.56. The van der Waals surface area contributed by atoms with Gasteiger partial charge < -0.3 is 10.0 Å². The summed E-state index contributed by atoms with van der Waals surface area (Å²) in [5, 5.41) is 8.84. The Balaban J connectivity index is 3.03. The van der Waals surface area contributed by atoms with Crippen molar-refractivity contribution >= 4 is 24.1 Å². The van der Waals surface area contributed by atoms with E-state index >= 15 is 0 Å². The van der Waals surface area contributed by atoms with Gasteiger partial charge in [0.2, 0.25) is 6.41 Å². The molecular formula is C8H11NO3S. The average molecular weight is 201 g/mol. The van der Waals surface area contributed by atoms with E-state index < -0.39 is 16.9 Å². The third-order valence-corrected chi connectivity index (χ3v) is 3.13. The molecule has 1 aliphatic heterocycles. The van der Waals surface area contributed by atoms with Crippen LogP contribution in [0.1, 0.15) is 13.8 Å². The molecule has 0 spiro atoms. The van der Waals surface area contributed by atoms with Crippen molar-refractivity contribution in [3.05, 3.63) is 11.5 Å². The normalized spacial score (nSPS) is 26.2. The lowest BCUT2D eigenvalue weighted by Crippen LogP contribution is -2.44. The quantitative estimate of drug-likeness (QED) is 0.674. The summed E-state index contributed by atoms with van der Waals surface area (Å²) in [5.41, 5.74) is 0. The number of nitrogens with zero attached hydrogens (tertiary/aromatic N) is 1. The van der Waals surface area contributed by atoms with Crippen molar-refractivity contribution in [1.82, 2.24) is 4.90 Å². The van der Waals surface area contributed by atoms with Crippen LogP contribution in [0.2, 0.25) is 0 Å². The summed E-state index contributed by atoms with van der Waals surface area (Å²) in [6.07, 6.45) is 0.559. The van der Waals surface area contributed by atoms with Gasteiger partial charge in [0.05, 0.1) is 4.87 Å². The number of hydrogen-bond donors (Lipinski definition) is 1. The highest BCUT2D eigenvalue weighted by atomic mass is 32.2.